The SMILES string of the molecule is Cc1cc(C#N)c(N2CCC3(CCC(=O)N(Cc4ccncc4)C3)CC2)nc1C. The number of anilines is 1. The van der Waals surface area contributed by atoms with Crippen LogP contribution in [0.3, 0.4) is 0 Å². The summed E-state index contributed by atoms with van der Waals surface area (Å²) in [5, 5.41) is 9.55. The summed E-state index contributed by atoms with van der Waals surface area (Å²) in [5.41, 5.74) is 3.98. The number of hydrogen-bond donors (Lipinski definition) is 0. The summed E-state index contributed by atoms with van der Waals surface area (Å²) in [6.07, 6.45) is 7.18. The summed E-state index contributed by atoms with van der Waals surface area (Å²) in [6.45, 7) is 7.21. The van der Waals surface area contributed by atoms with Crippen LogP contribution in [0.15, 0.2) is 30.6 Å². The van der Waals surface area contributed by atoms with Gasteiger partial charge in [0.05, 0.1) is 5.56 Å². The molecule has 0 N–H and O–H groups in total. The number of hydrogen-bond acceptors (Lipinski definition) is 5. The quantitative estimate of drug-likeness (QED) is 0.805. The fourth-order valence-corrected chi connectivity index (χ4v) is 4.57. The Hall–Kier alpha value is -2.94. The highest BCUT2D eigenvalue weighted by molar-refractivity contribution is 5.77. The molecule has 150 valence electrons. The molecule has 0 bridgehead atoms. The lowest BCUT2D eigenvalue weighted by Crippen LogP contribution is -2.51. The first-order valence-corrected chi connectivity index (χ1v) is 10.3. The van der Waals surface area contributed by atoms with Gasteiger partial charge in [-0.25, -0.2) is 4.98 Å². The molecule has 0 radical (unpaired) electrons. The van der Waals surface area contributed by atoms with Gasteiger partial charge in [0, 0.05) is 50.7 Å². The maximum absolute atomic E-state index is 12.5. The summed E-state index contributed by atoms with van der Waals surface area (Å²) in [7, 11) is 0. The van der Waals surface area contributed by atoms with Crippen LogP contribution in [-0.4, -0.2) is 40.4 Å². The van der Waals surface area contributed by atoms with E-state index in [2.05, 4.69) is 16.0 Å². The molecule has 2 aliphatic rings. The number of nitriles is 1. The number of aromatic nitrogens is 2. The summed E-state index contributed by atoms with van der Waals surface area (Å²) in [4.78, 5) is 25.6. The molecule has 1 amide bonds. The molecule has 6 heteroatoms. The smallest absolute Gasteiger partial charge is 0.222 e. The van der Waals surface area contributed by atoms with Crippen LogP contribution in [0, 0.1) is 30.6 Å². The maximum Gasteiger partial charge on any atom is 0.222 e. The van der Waals surface area contributed by atoms with Crippen LogP contribution < -0.4 is 4.90 Å². The molecule has 2 aromatic heterocycles. The minimum atomic E-state index is 0.171. The number of nitrogens with zero attached hydrogens (tertiary/aromatic N) is 5. The maximum atomic E-state index is 12.5. The van der Waals surface area contributed by atoms with Crippen molar-refractivity contribution in [1.82, 2.24) is 14.9 Å². The molecule has 0 unspecified atom stereocenters. The van der Waals surface area contributed by atoms with Gasteiger partial charge in [0.2, 0.25) is 5.91 Å². The van der Waals surface area contributed by atoms with E-state index in [1.807, 2.05) is 36.9 Å². The van der Waals surface area contributed by atoms with Gasteiger partial charge in [0.1, 0.15) is 11.9 Å². The van der Waals surface area contributed by atoms with Crippen molar-refractivity contribution in [2.24, 2.45) is 5.41 Å². The lowest BCUT2D eigenvalue weighted by atomic mass is 9.72. The van der Waals surface area contributed by atoms with Crippen molar-refractivity contribution in [3.8, 4) is 6.07 Å². The highest BCUT2D eigenvalue weighted by Gasteiger charge is 2.41. The van der Waals surface area contributed by atoms with E-state index in [1.54, 1.807) is 12.4 Å². The van der Waals surface area contributed by atoms with Crippen molar-refractivity contribution < 1.29 is 4.79 Å². The van der Waals surface area contributed by atoms with E-state index >= 15 is 0 Å². The largest absolute Gasteiger partial charge is 0.355 e. The second kappa shape index (κ2) is 7.82. The molecule has 2 saturated heterocycles. The number of carbonyl (C=O) groups is 1. The monoisotopic (exact) mass is 389 g/mol. The second-order valence-corrected chi connectivity index (χ2v) is 8.47. The average molecular weight is 390 g/mol. The van der Waals surface area contributed by atoms with Crippen LogP contribution >= 0.6 is 0 Å². The van der Waals surface area contributed by atoms with Gasteiger partial charge in [-0.1, -0.05) is 0 Å². The first-order valence-electron chi connectivity index (χ1n) is 10.3. The molecule has 0 atom stereocenters. The third-order valence-electron chi connectivity index (χ3n) is 6.56. The van der Waals surface area contributed by atoms with Crippen LogP contribution in [0.1, 0.15) is 48.1 Å². The Morgan fingerprint density at radius 2 is 1.90 bits per heavy atom. The van der Waals surface area contributed by atoms with Gasteiger partial charge in [-0.05, 0) is 67.9 Å². The lowest BCUT2D eigenvalue weighted by Gasteiger charge is -2.47. The number of carbonyl (C=O) groups excluding carboxylic acids is 1. The van der Waals surface area contributed by atoms with Crippen molar-refractivity contribution in [3.05, 3.63) is 53.0 Å². The normalized spacial score (nSPS) is 18.7. The van der Waals surface area contributed by atoms with Gasteiger partial charge >= 0.3 is 0 Å². The Kier molecular flexibility index (Phi) is 5.23. The molecule has 4 heterocycles. The Balaban J connectivity index is 1.47. The van der Waals surface area contributed by atoms with E-state index in [1.165, 1.54) is 0 Å². The Bertz CT molecular complexity index is 942. The molecule has 1 spiro atoms. The zero-order valence-electron chi connectivity index (χ0n) is 17.2. The first kappa shape index (κ1) is 19.4. The predicted molar refractivity (Wildman–Crippen MR) is 111 cm³/mol. The second-order valence-electron chi connectivity index (χ2n) is 8.47. The number of amides is 1. The minimum Gasteiger partial charge on any atom is -0.355 e. The topological polar surface area (TPSA) is 73.1 Å². The Labute approximate surface area is 172 Å². The summed E-state index contributed by atoms with van der Waals surface area (Å²) >= 11 is 0. The van der Waals surface area contributed by atoms with Crippen molar-refractivity contribution in [3.63, 3.8) is 0 Å². The molecular weight excluding hydrogens is 362 g/mol. The molecule has 0 saturated carbocycles. The summed E-state index contributed by atoms with van der Waals surface area (Å²) in [6, 6.07) is 8.21. The Morgan fingerprint density at radius 3 is 2.59 bits per heavy atom. The first-order chi connectivity index (χ1) is 14.0. The molecule has 6 nitrogen and oxygen atoms in total. The van der Waals surface area contributed by atoms with E-state index < -0.39 is 0 Å². The standard InChI is InChI=1S/C23H27N5O/c1-17-13-20(14-24)22(26-18(17)2)27-11-7-23(8-12-27)6-3-21(29)28(16-23)15-19-4-9-25-10-5-19/h4-5,9-10,13H,3,6-8,11-12,15-16H2,1-2H3. The third-order valence-corrected chi connectivity index (χ3v) is 6.56. The summed E-state index contributed by atoms with van der Waals surface area (Å²) < 4.78 is 0. The molecule has 4 rings (SSSR count). The van der Waals surface area contributed by atoms with Gasteiger partial charge in [0.25, 0.3) is 0 Å². The van der Waals surface area contributed by atoms with Gasteiger partial charge in [0.15, 0.2) is 0 Å². The van der Waals surface area contributed by atoms with Crippen LogP contribution in [0.25, 0.3) is 0 Å². The van der Waals surface area contributed by atoms with Crippen LogP contribution in [0.5, 0.6) is 0 Å². The van der Waals surface area contributed by atoms with Crippen LogP contribution in [-0.2, 0) is 11.3 Å². The van der Waals surface area contributed by atoms with Crippen molar-refractivity contribution in [2.45, 2.75) is 46.1 Å². The van der Waals surface area contributed by atoms with E-state index in [-0.39, 0.29) is 11.3 Å². The van der Waals surface area contributed by atoms with Gasteiger partial charge in [-0.2, -0.15) is 5.26 Å². The number of piperidine rings is 2. The summed E-state index contributed by atoms with van der Waals surface area (Å²) in [5.74, 6) is 1.06. The van der Waals surface area contributed by atoms with Crippen LogP contribution in [0.2, 0.25) is 0 Å². The highest BCUT2D eigenvalue weighted by Crippen LogP contribution is 2.41. The molecule has 0 aliphatic carbocycles. The fraction of sp³-hybridized carbons (Fsp3) is 0.478. The zero-order valence-corrected chi connectivity index (χ0v) is 17.2. The molecule has 2 aromatic rings. The van der Waals surface area contributed by atoms with E-state index in [0.717, 1.165) is 61.5 Å². The number of aryl methyl sites for hydroxylation is 2. The van der Waals surface area contributed by atoms with E-state index in [9.17, 15) is 10.1 Å². The molecule has 0 aromatic carbocycles. The van der Waals surface area contributed by atoms with Crippen molar-refractivity contribution in [2.75, 3.05) is 24.5 Å². The molecule has 2 fully saturated rings. The molecule has 29 heavy (non-hydrogen) atoms. The third kappa shape index (κ3) is 3.95. The number of rotatable bonds is 3. The number of likely N-dealkylation sites (tertiary alicyclic amines) is 1. The average Bonchev–Trinajstić information content (AvgIpc) is 2.74. The predicted octanol–water partition coefficient (Wildman–Crippen LogP) is 3.37. The fourth-order valence-electron chi connectivity index (χ4n) is 4.57. The van der Waals surface area contributed by atoms with Crippen molar-refractivity contribution in [1.29, 1.82) is 5.26 Å². The van der Waals surface area contributed by atoms with E-state index in [4.69, 9.17) is 4.98 Å². The van der Waals surface area contributed by atoms with Crippen molar-refractivity contribution >= 4 is 11.7 Å². The highest BCUT2D eigenvalue weighted by atomic mass is 16.2. The van der Waals surface area contributed by atoms with Gasteiger partial charge in [-0.3, -0.25) is 9.78 Å². The zero-order chi connectivity index (χ0) is 20.4. The van der Waals surface area contributed by atoms with Gasteiger partial charge < -0.3 is 9.80 Å². The minimum absolute atomic E-state index is 0.171. The Morgan fingerprint density at radius 1 is 1.17 bits per heavy atom. The van der Waals surface area contributed by atoms with Gasteiger partial charge in [-0.15, -0.1) is 0 Å². The van der Waals surface area contributed by atoms with E-state index in [0.29, 0.717) is 18.5 Å². The molecule has 2 aliphatic heterocycles. The number of pyridine rings is 2. The lowest BCUT2D eigenvalue weighted by molar-refractivity contribution is -0.139. The van der Waals surface area contributed by atoms with Crippen LogP contribution in [0.4, 0.5) is 5.82 Å². The molecular formula is C23H27N5O.